The molecule has 0 aromatic carbocycles. The Morgan fingerprint density at radius 1 is 1.50 bits per heavy atom. The Hall–Kier alpha value is -0.420. The zero-order valence-electron chi connectivity index (χ0n) is 12.7. The van der Waals surface area contributed by atoms with Crippen LogP contribution >= 0.6 is 11.3 Å². The van der Waals surface area contributed by atoms with Gasteiger partial charge in [0.1, 0.15) is 0 Å². The molecule has 2 saturated heterocycles. The van der Waals surface area contributed by atoms with Gasteiger partial charge in [0.2, 0.25) is 0 Å². The van der Waals surface area contributed by atoms with Crippen LogP contribution in [0.25, 0.3) is 0 Å². The van der Waals surface area contributed by atoms with Crippen molar-refractivity contribution in [3.05, 3.63) is 22.4 Å². The number of fused-ring (bicyclic) bond motifs is 1. The Labute approximate surface area is 126 Å². The quantitative estimate of drug-likeness (QED) is 0.905. The summed E-state index contributed by atoms with van der Waals surface area (Å²) in [4.78, 5) is 6.83. The van der Waals surface area contributed by atoms with Gasteiger partial charge in [-0.3, -0.25) is 9.80 Å². The van der Waals surface area contributed by atoms with Crippen molar-refractivity contribution >= 4 is 11.3 Å². The van der Waals surface area contributed by atoms with Crippen LogP contribution < -0.4 is 5.73 Å². The molecule has 0 saturated carbocycles. The highest BCUT2D eigenvalue weighted by Crippen LogP contribution is 2.41. The summed E-state index contributed by atoms with van der Waals surface area (Å²) in [6.07, 6.45) is 3.90. The van der Waals surface area contributed by atoms with Crippen LogP contribution in [0.5, 0.6) is 0 Å². The van der Waals surface area contributed by atoms with Crippen molar-refractivity contribution in [1.29, 1.82) is 0 Å². The SMILES string of the molecule is CC(C)N(Cc1cccs1)C1(CN)CCN2CCCC21. The maximum atomic E-state index is 6.33. The van der Waals surface area contributed by atoms with Gasteiger partial charge in [-0.15, -0.1) is 11.3 Å². The summed E-state index contributed by atoms with van der Waals surface area (Å²) >= 11 is 1.87. The Balaban J connectivity index is 1.87. The highest BCUT2D eigenvalue weighted by atomic mass is 32.1. The van der Waals surface area contributed by atoms with Crippen molar-refractivity contribution in [2.75, 3.05) is 19.6 Å². The molecule has 2 aliphatic rings. The van der Waals surface area contributed by atoms with E-state index in [-0.39, 0.29) is 5.54 Å². The van der Waals surface area contributed by atoms with E-state index in [4.69, 9.17) is 5.73 Å². The van der Waals surface area contributed by atoms with Crippen LogP contribution in [0.3, 0.4) is 0 Å². The molecular formula is C16H27N3S. The van der Waals surface area contributed by atoms with Crippen molar-refractivity contribution in [3.63, 3.8) is 0 Å². The van der Waals surface area contributed by atoms with Gasteiger partial charge in [-0.2, -0.15) is 0 Å². The Morgan fingerprint density at radius 2 is 2.35 bits per heavy atom. The molecule has 0 bridgehead atoms. The van der Waals surface area contributed by atoms with Gasteiger partial charge in [-0.05, 0) is 51.1 Å². The predicted molar refractivity (Wildman–Crippen MR) is 86.0 cm³/mol. The van der Waals surface area contributed by atoms with Gasteiger partial charge >= 0.3 is 0 Å². The molecular weight excluding hydrogens is 266 g/mol. The van der Waals surface area contributed by atoms with Gasteiger partial charge in [0.15, 0.2) is 0 Å². The normalized spacial score (nSPS) is 30.6. The second-order valence-corrected chi connectivity index (χ2v) is 7.58. The van der Waals surface area contributed by atoms with Crippen LogP contribution in [0, 0.1) is 0 Å². The predicted octanol–water partition coefficient (Wildman–Crippen LogP) is 2.52. The smallest absolute Gasteiger partial charge is 0.0505 e. The molecule has 2 N–H and O–H groups in total. The third-order valence-corrected chi connectivity index (χ3v) is 6.13. The molecule has 4 heteroatoms. The van der Waals surface area contributed by atoms with Gasteiger partial charge in [-0.1, -0.05) is 6.07 Å². The van der Waals surface area contributed by atoms with Crippen molar-refractivity contribution in [2.45, 2.75) is 57.3 Å². The lowest BCUT2D eigenvalue weighted by molar-refractivity contribution is 0.0311. The fraction of sp³-hybridized carbons (Fsp3) is 0.750. The second kappa shape index (κ2) is 5.76. The molecule has 0 amide bonds. The minimum absolute atomic E-state index is 0.189. The molecule has 112 valence electrons. The summed E-state index contributed by atoms with van der Waals surface area (Å²) in [6.45, 7) is 8.99. The maximum Gasteiger partial charge on any atom is 0.0505 e. The van der Waals surface area contributed by atoms with Gasteiger partial charge in [-0.25, -0.2) is 0 Å². The largest absolute Gasteiger partial charge is 0.329 e. The molecule has 0 spiro atoms. The molecule has 20 heavy (non-hydrogen) atoms. The number of nitrogens with two attached hydrogens (primary N) is 1. The van der Waals surface area contributed by atoms with E-state index in [2.05, 4.69) is 41.2 Å². The molecule has 1 aromatic heterocycles. The molecule has 0 radical (unpaired) electrons. The molecule has 2 unspecified atom stereocenters. The van der Waals surface area contributed by atoms with Crippen LogP contribution in [-0.2, 0) is 6.54 Å². The maximum absolute atomic E-state index is 6.33. The Bertz CT molecular complexity index is 431. The third kappa shape index (κ3) is 2.33. The first-order chi connectivity index (χ1) is 9.67. The first-order valence-electron chi connectivity index (χ1n) is 7.90. The van der Waals surface area contributed by atoms with Crippen LogP contribution in [-0.4, -0.2) is 47.1 Å². The first kappa shape index (κ1) is 14.5. The van der Waals surface area contributed by atoms with E-state index in [0.29, 0.717) is 12.1 Å². The van der Waals surface area contributed by atoms with Gasteiger partial charge in [0.25, 0.3) is 0 Å². The highest BCUT2D eigenvalue weighted by molar-refractivity contribution is 7.09. The van der Waals surface area contributed by atoms with Crippen LogP contribution in [0.1, 0.15) is 38.0 Å². The van der Waals surface area contributed by atoms with Crippen LogP contribution in [0.4, 0.5) is 0 Å². The average molecular weight is 293 g/mol. The van der Waals surface area contributed by atoms with Crippen molar-refractivity contribution in [1.82, 2.24) is 9.80 Å². The van der Waals surface area contributed by atoms with E-state index in [1.165, 1.54) is 37.2 Å². The second-order valence-electron chi connectivity index (χ2n) is 6.55. The van der Waals surface area contributed by atoms with Crippen molar-refractivity contribution in [3.8, 4) is 0 Å². The summed E-state index contributed by atoms with van der Waals surface area (Å²) in [5.74, 6) is 0. The lowest BCUT2D eigenvalue weighted by atomic mass is 9.85. The van der Waals surface area contributed by atoms with Crippen LogP contribution in [0.15, 0.2) is 17.5 Å². The average Bonchev–Trinajstić information content (AvgIpc) is 3.14. The standard InChI is InChI=1S/C16H27N3S/c1-13(2)19(11-14-5-4-10-20-14)16(12-17)7-9-18-8-3-6-15(16)18/h4-5,10,13,15H,3,6-9,11-12,17H2,1-2H3. The van der Waals surface area contributed by atoms with E-state index in [1.54, 1.807) is 0 Å². The minimum atomic E-state index is 0.189. The zero-order valence-corrected chi connectivity index (χ0v) is 13.5. The zero-order chi connectivity index (χ0) is 14.2. The summed E-state index contributed by atoms with van der Waals surface area (Å²) in [5.41, 5.74) is 6.52. The molecule has 0 aliphatic carbocycles. The number of hydrogen-bond acceptors (Lipinski definition) is 4. The van der Waals surface area contributed by atoms with Crippen LogP contribution in [0.2, 0.25) is 0 Å². The Morgan fingerprint density at radius 3 is 3.00 bits per heavy atom. The molecule has 3 rings (SSSR count). The van der Waals surface area contributed by atoms with Gasteiger partial charge in [0, 0.05) is 36.6 Å². The molecule has 3 heterocycles. The number of rotatable bonds is 5. The fourth-order valence-electron chi connectivity index (χ4n) is 4.32. The summed E-state index contributed by atoms with van der Waals surface area (Å²) in [7, 11) is 0. The van der Waals surface area contributed by atoms with Gasteiger partial charge < -0.3 is 5.73 Å². The van der Waals surface area contributed by atoms with Gasteiger partial charge in [0.05, 0.1) is 5.54 Å². The number of nitrogens with zero attached hydrogens (tertiary/aromatic N) is 2. The van der Waals surface area contributed by atoms with E-state index in [1.807, 2.05) is 11.3 Å². The monoisotopic (exact) mass is 293 g/mol. The minimum Gasteiger partial charge on any atom is -0.329 e. The topological polar surface area (TPSA) is 32.5 Å². The third-order valence-electron chi connectivity index (χ3n) is 5.27. The molecule has 1 aromatic rings. The number of hydrogen-bond donors (Lipinski definition) is 1. The lowest BCUT2D eigenvalue weighted by Crippen LogP contribution is -2.61. The molecule has 2 aliphatic heterocycles. The first-order valence-corrected chi connectivity index (χ1v) is 8.78. The Kier molecular flexibility index (Phi) is 4.18. The molecule has 2 atom stereocenters. The van der Waals surface area contributed by atoms with E-state index >= 15 is 0 Å². The highest BCUT2D eigenvalue weighted by Gasteiger charge is 2.52. The molecule has 2 fully saturated rings. The number of thiophene rings is 1. The summed E-state index contributed by atoms with van der Waals surface area (Å²) in [5, 5.41) is 2.18. The summed E-state index contributed by atoms with van der Waals surface area (Å²) in [6, 6.07) is 5.63. The van der Waals surface area contributed by atoms with Crippen molar-refractivity contribution in [2.24, 2.45) is 5.73 Å². The van der Waals surface area contributed by atoms with E-state index in [0.717, 1.165) is 13.1 Å². The fourth-order valence-corrected chi connectivity index (χ4v) is 5.02. The summed E-state index contributed by atoms with van der Waals surface area (Å²) < 4.78 is 0. The molecule has 3 nitrogen and oxygen atoms in total. The van der Waals surface area contributed by atoms with E-state index in [9.17, 15) is 0 Å². The van der Waals surface area contributed by atoms with E-state index < -0.39 is 0 Å². The lowest BCUT2D eigenvalue weighted by Gasteiger charge is -2.47. The van der Waals surface area contributed by atoms with Crippen molar-refractivity contribution < 1.29 is 0 Å².